The molecule has 2 heterocycles. The predicted molar refractivity (Wildman–Crippen MR) is 77.8 cm³/mol. The highest BCUT2D eigenvalue weighted by molar-refractivity contribution is 6.31. The normalized spacial score (nSPS) is 23.4. The Bertz CT molecular complexity index is 474. The van der Waals surface area contributed by atoms with Crippen LogP contribution in [0.1, 0.15) is 24.4 Å². The van der Waals surface area contributed by atoms with Gasteiger partial charge in [-0.25, -0.2) is 0 Å². The van der Waals surface area contributed by atoms with Crippen molar-refractivity contribution in [2.75, 3.05) is 33.5 Å². The Hall–Kier alpha value is -0.970. The van der Waals surface area contributed by atoms with E-state index in [0.29, 0.717) is 19.1 Å². The van der Waals surface area contributed by atoms with E-state index in [1.54, 1.807) is 0 Å². The number of hydrogen-bond acceptors (Lipinski definition) is 4. The molecule has 1 saturated heterocycles. The molecule has 20 heavy (non-hydrogen) atoms. The second-order valence-corrected chi connectivity index (χ2v) is 5.67. The largest absolute Gasteiger partial charge is 0.490 e. The van der Waals surface area contributed by atoms with Crippen molar-refractivity contribution in [3.8, 4) is 11.5 Å². The second kappa shape index (κ2) is 6.20. The number of rotatable bonds is 3. The zero-order chi connectivity index (χ0) is 13.9. The highest BCUT2D eigenvalue weighted by Crippen LogP contribution is 2.40. The molecule has 0 aliphatic carbocycles. The second-order valence-electron chi connectivity index (χ2n) is 5.26. The zero-order valence-corrected chi connectivity index (χ0v) is 12.4. The highest BCUT2D eigenvalue weighted by Gasteiger charge is 2.28. The Balaban J connectivity index is 1.93. The van der Waals surface area contributed by atoms with Crippen LogP contribution in [0.2, 0.25) is 5.02 Å². The molecule has 2 atom stereocenters. The summed E-state index contributed by atoms with van der Waals surface area (Å²) in [5.74, 6) is 1.98. The summed E-state index contributed by atoms with van der Waals surface area (Å²) in [7, 11) is 1.96. The fraction of sp³-hybridized carbons (Fsp3) is 0.600. The molecule has 0 spiro atoms. The van der Waals surface area contributed by atoms with Gasteiger partial charge in [-0.3, -0.25) is 0 Å². The van der Waals surface area contributed by atoms with Crippen molar-refractivity contribution in [2.24, 2.45) is 5.92 Å². The molecule has 4 nitrogen and oxygen atoms in total. The van der Waals surface area contributed by atoms with Gasteiger partial charge in [0, 0.05) is 36.1 Å². The fourth-order valence-electron chi connectivity index (χ4n) is 2.90. The van der Waals surface area contributed by atoms with Crippen LogP contribution in [0.3, 0.4) is 0 Å². The molecule has 2 aliphatic rings. The summed E-state index contributed by atoms with van der Waals surface area (Å²) < 4.78 is 16.9. The smallest absolute Gasteiger partial charge is 0.162 e. The van der Waals surface area contributed by atoms with Crippen LogP contribution in [-0.2, 0) is 4.74 Å². The highest BCUT2D eigenvalue weighted by atomic mass is 35.5. The Kier molecular flexibility index (Phi) is 4.34. The van der Waals surface area contributed by atoms with Crippen LogP contribution in [0.25, 0.3) is 0 Å². The maximum atomic E-state index is 6.45. The summed E-state index contributed by atoms with van der Waals surface area (Å²) in [6.45, 7) is 2.96. The first-order chi connectivity index (χ1) is 9.79. The average molecular weight is 298 g/mol. The lowest BCUT2D eigenvalue weighted by molar-refractivity contribution is 0.177. The van der Waals surface area contributed by atoms with Gasteiger partial charge < -0.3 is 19.5 Å². The quantitative estimate of drug-likeness (QED) is 0.931. The van der Waals surface area contributed by atoms with Crippen LogP contribution in [-0.4, -0.2) is 33.5 Å². The van der Waals surface area contributed by atoms with Crippen molar-refractivity contribution >= 4 is 11.6 Å². The van der Waals surface area contributed by atoms with E-state index in [9.17, 15) is 0 Å². The van der Waals surface area contributed by atoms with Crippen molar-refractivity contribution in [3.63, 3.8) is 0 Å². The minimum absolute atomic E-state index is 0.183. The van der Waals surface area contributed by atoms with Crippen LogP contribution in [0.5, 0.6) is 11.5 Å². The number of benzene rings is 1. The van der Waals surface area contributed by atoms with Gasteiger partial charge in [-0.15, -0.1) is 0 Å². The van der Waals surface area contributed by atoms with Crippen molar-refractivity contribution in [3.05, 3.63) is 22.7 Å². The molecule has 0 radical (unpaired) electrons. The molecule has 0 aromatic heterocycles. The van der Waals surface area contributed by atoms with Gasteiger partial charge in [-0.05, 0) is 25.1 Å². The molecule has 0 amide bonds. The third kappa shape index (κ3) is 2.73. The molecule has 5 heteroatoms. The minimum Gasteiger partial charge on any atom is -0.490 e. The van der Waals surface area contributed by atoms with Gasteiger partial charge in [0.05, 0.1) is 19.8 Å². The first-order valence-electron chi connectivity index (χ1n) is 7.13. The van der Waals surface area contributed by atoms with E-state index >= 15 is 0 Å². The molecule has 1 N–H and O–H groups in total. The topological polar surface area (TPSA) is 39.7 Å². The van der Waals surface area contributed by atoms with Crippen LogP contribution >= 0.6 is 11.6 Å². The molecule has 110 valence electrons. The van der Waals surface area contributed by atoms with Crippen molar-refractivity contribution in [2.45, 2.75) is 18.9 Å². The molecule has 3 rings (SSSR count). The van der Waals surface area contributed by atoms with Gasteiger partial charge in [-0.1, -0.05) is 11.6 Å². The van der Waals surface area contributed by atoms with E-state index in [1.165, 1.54) is 0 Å². The summed E-state index contributed by atoms with van der Waals surface area (Å²) in [6.07, 6.45) is 1.95. The van der Waals surface area contributed by atoms with E-state index in [0.717, 1.165) is 48.1 Å². The van der Waals surface area contributed by atoms with E-state index in [4.69, 9.17) is 25.8 Å². The summed E-state index contributed by atoms with van der Waals surface area (Å²) in [4.78, 5) is 0. The summed E-state index contributed by atoms with van der Waals surface area (Å²) in [6, 6.07) is 4.07. The van der Waals surface area contributed by atoms with E-state index in [-0.39, 0.29) is 6.04 Å². The van der Waals surface area contributed by atoms with Gasteiger partial charge >= 0.3 is 0 Å². The molecule has 1 aromatic rings. The van der Waals surface area contributed by atoms with Crippen LogP contribution in [0.4, 0.5) is 0 Å². The third-order valence-corrected chi connectivity index (χ3v) is 4.28. The SMILES string of the molecule is CNC(c1cc2c(cc1Cl)OCCCO2)C1CCOC1. The van der Waals surface area contributed by atoms with E-state index in [1.807, 2.05) is 19.2 Å². The lowest BCUT2D eigenvalue weighted by Crippen LogP contribution is -2.26. The van der Waals surface area contributed by atoms with Crippen LogP contribution in [0.15, 0.2) is 12.1 Å². The molecular formula is C15H20ClNO3. The van der Waals surface area contributed by atoms with Gasteiger partial charge in [-0.2, -0.15) is 0 Å². The van der Waals surface area contributed by atoms with Crippen LogP contribution < -0.4 is 14.8 Å². The third-order valence-electron chi connectivity index (χ3n) is 3.95. The molecule has 2 unspecified atom stereocenters. The number of ether oxygens (including phenoxy) is 3. The van der Waals surface area contributed by atoms with Gasteiger partial charge in [0.1, 0.15) is 0 Å². The number of nitrogens with one attached hydrogen (secondary N) is 1. The first-order valence-corrected chi connectivity index (χ1v) is 7.51. The molecule has 0 bridgehead atoms. The fourth-order valence-corrected chi connectivity index (χ4v) is 3.17. The van der Waals surface area contributed by atoms with Gasteiger partial charge in [0.2, 0.25) is 0 Å². The lowest BCUT2D eigenvalue weighted by atomic mass is 9.92. The Morgan fingerprint density at radius 1 is 1.20 bits per heavy atom. The predicted octanol–water partition coefficient (Wildman–Crippen LogP) is 2.80. The number of fused-ring (bicyclic) bond motifs is 1. The van der Waals surface area contributed by atoms with Crippen molar-refractivity contribution in [1.29, 1.82) is 0 Å². The molecule has 1 fully saturated rings. The maximum absolute atomic E-state index is 6.45. The number of hydrogen-bond donors (Lipinski definition) is 1. The Morgan fingerprint density at radius 3 is 2.60 bits per heavy atom. The minimum atomic E-state index is 0.183. The molecular weight excluding hydrogens is 278 g/mol. The Morgan fingerprint density at radius 2 is 1.95 bits per heavy atom. The van der Waals surface area contributed by atoms with Gasteiger partial charge in [0.25, 0.3) is 0 Å². The monoisotopic (exact) mass is 297 g/mol. The van der Waals surface area contributed by atoms with Crippen LogP contribution in [0, 0.1) is 5.92 Å². The van der Waals surface area contributed by atoms with Gasteiger partial charge in [0.15, 0.2) is 11.5 Å². The lowest BCUT2D eigenvalue weighted by Gasteiger charge is -2.24. The number of halogens is 1. The summed E-state index contributed by atoms with van der Waals surface area (Å²) >= 11 is 6.45. The van der Waals surface area contributed by atoms with E-state index in [2.05, 4.69) is 5.32 Å². The first kappa shape index (κ1) is 14.0. The van der Waals surface area contributed by atoms with Crippen molar-refractivity contribution < 1.29 is 14.2 Å². The standard InChI is InChI=1S/C15H20ClNO3/c1-17-15(10-3-6-18-9-10)11-7-13-14(8-12(11)16)20-5-2-4-19-13/h7-8,10,15,17H,2-6,9H2,1H3. The Labute approximate surface area is 124 Å². The maximum Gasteiger partial charge on any atom is 0.162 e. The van der Waals surface area contributed by atoms with E-state index < -0.39 is 0 Å². The molecule has 0 saturated carbocycles. The summed E-state index contributed by atoms with van der Waals surface area (Å²) in [5, 5.41) is 4.09. The van der Waals surface area contributed by atoms with Crippen molar-refractivity contribution in [1.82, 2.24) is 5.32 Å². The average Bonchev–Trinajstić information content (AvgIpc) is 2.87. The summed E-state index contributed by atoms with van der Waals surface area (Å²) in [5.41, 5.74) is 1.06. The zero-order valence-electron chi connectivity index (χ0n) is 11.7. The molecule has 2 aliphatic heterocycles. The molecule has 1 aromatic carbocycles.